The van der Waals surface area contributed by atoms with Gasteiger partial charge in [0.05, 0.1) is 0 Å². The van der Waals surface area contributed by atoms with Gasteiger partial charge in [-0.25, -0.2) is 5.57 Å². The minimum absolute atomic E-state index is 0. The van der Waals surface area contributed by atoms with Gasteiger partial charge in [-0.1, -0.05) is 13.8 Å². The molecular formula is C8H13Cl2Zr-. The van der Waals surface area contributed by atoms with Gasteiger partial charge in [0, 0.05) is 26.2 Å². The maximum Gasteiger partial charge on any atom is 0 e. The third-order valence-corrected chi connectivity index (χ3v) is 1.82. The minimum Gasteiger partial charge on any atom is -0.269 e. The molecule has 1 aliphatic rings. The van der Waals surface area contributed by atoms with E-state index < -0.39 is 0 Å². The van der Waals surface area contributed by atoms with Crippen LogP contribution in [-0.4, -0.2) is 0 Å². The number of hydrogen-bond donors (Lipinski definition) is 0. The quantitative estimate of drug-likeness (QED) is 0.593. The van der Waals surface area contributed by atoms with Crippen LogP contribution in [0.1, 0.15) is 27.2 Å². The Bertz CT molecular complexity index is 165. The first-order valence-corrected chi connectivity index (χ1v) is 2.96. The van der Waals surface area contributed by atoms with Crippen LogP contribution in [0, 0.1) is 6.08 Å². The molecule has 0 aromatic rings. The fourth-order valence-electron chi connectivity index (χ4n) is 0.850. The molecule has 3 heteroatoms. The topological polar surface area (TPSA) is 0 Å². The second kappa shape index (κ2) is 7.58. The Morgan fingerprint density at radius 3 is 1.64 bits per heavy atom. The van der Waals surface area contributed by atoms with Crippen molar-refractivity contribution in [1.29, 1.82) is 0 Å². The molecule has 0 nitrogen and oxygen atoms in total. The maximum absolute atomic E-state index is 3.26. The first-order valence-electron chi connectivity index (χ1n) is 2.96. The normalized spacial score (nSPS) is 14.3. The number of halogens is 2. The van der Waals surface area contributed by atoms with Gasteiger partial charge in [0.15, 0.2) is 0 Å². The predicted molar refractivity (Wildman–Crippen MR) is 49.9 cm³/mol. The second-order valence-corrected chi connectivity index (χ2v) is 2.38. The van der Waals surface area contributed by atoms with E-state index in [9.17, 15) is 0 Å². The van der Waals surface area contributed by atoms with E-state index >= 15 is 0 Å². The third-order valence-electron chi connectivity index (χ3n) is 1.82. The summed E-state index contributed by atoms with van der Waals surface area (Å²) >= 11 is 0. The standard InChI is InChI=1S/C8H11.2ClH.Zr/c1-6-4-5-7(2)8(6)3;;;/h4H2,1-3H3;2*1H;/q-1;;;. The predicted octanol–water partition coefficient (Wildman–Crippen LogP) is 3.32. The van der Waals surface area contributed by atoms with E-state index in [0.29, 0.717) is 0 Å². The van der Waals surface area contributed by atoms with Crippen molar-refractivity contribution in [2.45, 2.75) is 27.2 Å². The summed E-state index contributed by atoms with van der Waals surface area (Å²) in [5, 5.41) is 0. The Hall–Kier alpha value is 0.943. The molecule has 64 valence electrons. The van der Waals surface area contributed by atoms with Crippen molar-refractivity contribution in [3.8, 4) is 0 Å². The van der Waals surface area contributed by atoms with E-state index in [4.69, 9.17) is 0 Å². The molecule has 0 aliphatic heterocycles. The van der Waals surface area contributed by atoms with Crippen LogP contribution in [0.25, 0.3) is 0 Å². The van der Waals surface area contributed by atoms with Crippen molar-refractivity contribution >= 4 is 24.8 Å². The van der Waals surface area contributed by atoms with Gasteiger partial charge in [0.25, 0.3) is 0 Å². The Balaban J connectivity index is -0.000000213. The summed E-state index contributed by atoms with van der Waals surface area (Å²) in [4.78, 5) is 0. The van der Waals surface area contributed by atoms with Crippen molar-refractivity contribution in [3.63, 3.8) is 0 Å². The number of rotatable bonds is 0. The van der Waals surface area contributed by atoms with Gasteiger partial charge >= 0.3 is 0 Å². The van der Waals surface area contributed by atoms with E-state index in [-0.39, 0.29) is 51.0 Å². The van der Waals surface area contributed by atoms with Gasteiger partial charge in [-0.2, -0.15) is 11.1 Å². The SMILES string of the molecule is CC1=[C-]CC(C)=C1C.Cl.Cl.[Zr]. The average Bonchev–Trinajstić information content (AvgIpc) is 1.98. The third kappa shape index (κ3) is 4.50. The fraction of sp³-hybridized carbons (Fsp3) is 0.500. The van der Waals surface area contributed by atoms with Crippen LogP contribution in [0.5, 0.6) is 0 Å². The Kier molecular flexibility index (Phi) is 12.3. The van der Waals surface area contributed by atoms with Gasteiger partial charge < -0.3 is 0 Å². The Morgan fingerprint density at radius 1 is 1.09 bits per heavy atom. The molecule has 11 heavy (non-hydrogen) atoms. The summed E-state index contributed by atoms with van der Waals surface area (Å²) in [7, 11) is 0. The maximum atomic E-state index is 3.26. The zero-order valence-electron chi connectivity index (χ0n) is 7.02. The second-order valence-electron chi connectivity index (χ2n) is 2.38. The molecule has 0 radical (unpaired) electrons. The van der Waals surface area contributed by atoms with Gasteiger partial charge in [0.2, 0.25) is 0 Å². The van der Waals surface area contributed by atoms with Gasteiger partial charge in [-0.15, -0.1) is 38.2 Å². The van der Waals surface area contributed by atoms with Crippen LogP contribution < -0.4 is 0 Å². The zero-order valence-corrected chi connectivity index (χ0v) is 11.1. The molecule has 0 aromatic carbocycles. The van der Waals surface area contributed by atoms with Gasteiger partial charge in [0.1, 0.15) is 0 Å². The Morgan fingerprint density at radius 2 is 1.55 bits per heavy atom. The zero-order chi connectivity index (χ0) is 6.15. The first kappa shape index (κ1) is 17.9. The van der Waals surface area contributed by atoms with Gasteiger partial charge in [-0.3, -0.25) is 6.08 Å². The number of hydrogen-bond acceptors (Lipinski definition) is 0. The molecule has 0 aromatic heterocycles. The molecule has 0 N–H and O–H groups in total. The van der Waals surface area contributed by atoms with Crippen LogP contribution in [0.2, 0.25) is 0 Å². The van der Waals surface area contributed by atoms with E-state index in [1.54, 1.807) is 0 Å². The van der Waals surface area contributed by atoms with Crippen molar-refractivity contribution in [2.75, 3.05) is 0 Å². The molecule has 0 spiro atoms. The summed E-state index contributed by atoms with van der Waals surface area (Å²) in [6.07, 6.45) is 4.31. The van der Waals surface area contributed by atoms with Crippen LogP contribution >= 0.6 is 24.8 Å². The first-order chi connectivity index (χ1) is 3.72. The fourth-order valence-corrected chi connectivity index (χ4v) is 0.850. The monoisotopic (exact) mass is 269 g/mol. The largest absolute Gasteiger partial charge is 0.269 e. The van der Waals surface area contributed by atoms with Crippen molar-refractivity contribution in [2.24, 2.45) is 0 Å². The van der Waals surface area contributed by atoms with Crippen LogP contribution in [-0.2, 0) is 26.2 Å². The molecule has 0 saturated carbocycles. The molecule has 0 fully saturated rings. The van der Waals surface area contributed by atoms with Crippen molar-refractivity contribution in [1.82, 2.24) is 0 Å². The molecule has 0 heterocycles. The minimum atomic E-state index is 0. The van der Waals surface area contributed by atoms with E-state index in [0.717, 1.165) is 6.42 Å². The van der Waals surface area contributed by atoms with Crippen LogP contribution in [0.3, 0.4) is 0 Å². The summed E-state index contributed by atoms with van der Waals surface area (Å²) in [5.74, 6) is 0. The summed E-state index contributed by atoms with van der Waals surface area (Å²) in [5.41, 5.74) is 4.25. The van der Waals surface area contributed by atoms with Gasteiger partial charge in [-0.05, 0) is 0 Å². The van der Waals surface area contributed by atoms with E-state index in [1.165, 1.54) is 16.7 Å². The smallest absolute Gasteiger partial charge is 0 e. The molecule has 0 bridgehead atoms. The van der Waals surface area contributed by atoms with Crippen molar-refractivity contribution < 1.29 is 26.2 Å². The Labute approximate surface area is 100 Å². The molecule has 0 atom stereocenters. The molecule has 0 amide bonds. The number of allylic oxidation sites excluding steroid dienone is 4. The van der Waals surface area contributed by atoms with E-state index in [1.807, 2.05) is 0 Å². The molecular weight excluding hydrogens is 258 g/mol. The van der Waals surface area contributed by atoms with Crippen molar-refractivity contribution in [3.05, 3.63) is 22.8 Å². The molecule has 0 saturated heterocycles. The van der Waals surface area contributed by atoms with Crippen LogP contribution in [0.4, 0.5) is 0 Å². The summed E-state index contributed by atoms with van der Waals surface area (Å²) in [6.45, 7) is 6.44. The van der Waals surface area contributed by atoms with E-state index in [2.05, 4.69) is 26.8 Å². The average molecular weight is 271 g/mol. The molecule has 1 rings (SSSR count). The summed E-state index contributed by atoms with van der Waals surface area (Å²) in [6, 6.07) is 0. The van der Waals surface area contributed by atoms with Crippen LogP contribution in [0.15, 0.2) is 16.7 Å². The summed E-state index contributed by atoms with van der Waals surface area (Å²) < 4.78 is 0. The molecule has 1 aliphatic carbocycles. The molecule has 0 unspecified atom stereocenters.